The van der Waals surface area contributed by atoms with Gasteiger partial charge in [-0.2, -0.15) is 0 Å². The summed E-state index contributed by atoms with van der Waals surface area (Å²) in [7, 11) is 0. The molecule has 0 aliphatic carbocycles. The fourth-order valence-corrected chi connectivity index (χ4v) is 1.42. The van der Waals surface area contributed by atoms with E-state index in [1.165, 1.54) is 5.01 Å². The Bertz CT molecular complexity index is 254. The standard InChI is InChI=1S/C7H15N5O2/c1-5(6(13)14)11-3-2-4-12(9)7(11)10-8/h5H,2-4,8-9H2,1H3,(H,13,14)/b10-7-. The molecule has 1 atom stereocenters. The molecule has 1 aliphatic heterocycles. The van der Waals surface area contributed by atoms with Crippen LogP contribution in [0.2, 0.25) is 0 Å². The van der Waals surface area contributed by atoms with Gasteiger partial charge in [0.1, 0.15) is 6.04 Å². The number of hydrogen-bond acceptors (Lipinski definition) is 4. The van der Waals surface area contributed by atoms with Crippen molar-refractivity contribution in [2.75, 3.05) is 13.1 Å². The van der Waals surface area contributed by atoms with Crippen molar-refractivity contribution in [1.29, 1.82) is 0 Å². The van der Waals surface area contributed by atoms with E-state index in [0.717, 1.165) is 6.42 Å². The van der Waals surface area contributed by atoms with Crippen LogP contribution in [0.5, 0.6) is 0 Å². The van der Waals surface area contributed by atoms with Crippen LogP contribution in [0.4, 0.5) is 0 Å². The fourth-order valence-electron chi connectivity index (χ4n) is 1.42. The van der Waals surface area contributed by atoms with Gasteiger partial charge >= 0.3 is 5.97 Å². The first-order chi connectivity index (χ1) is 6.57. The van der Waals surface area contributed by atoms with Crippen molar-refractivity contribution in [3.63, 3.8) is 0 Å². The van der Waals surface area contributed by atoms with Gasteiger partial charge in [0, 0.05) is 13.1 Å². The molecule has 1 unspecified atom stereocenters. The maximum Gasteiger partial charge on any atom is 0.326 e. The Labute approximate surface area is 81.9 Å². The number of hydrogen-bond donors (Lipinski definition) is 3. The number of rotatable bonds is 2. The Balaban J connectivity index is 2.80. The van der Waals surface area contributed by atoms with E-state index in [1.807, 2.05) is 0 Å². The minimum Gasteiger partial charge on any atom is -0.480 e. The molecule has 7 heteroatoms. The number of aliphatic carboxylic acids is 1. The van der Waals surface area contributed by atoms with Crippen molar-refractivity contribution < 1.29 is 9.90 Å². The Morgan fingerprint density at radius 1 is 1.64 bits per heavy atom. The lowest BCUT2D eigenvalue weighted by Crippen LogP contribution is -2.58. The van der Waals surface area contributed by atoms with E-state index >= 15 is 0 Å². The van der Waals surface area contributed by atoms with Crippen LogP contribution in [0.3, 0.4) is 0 Å². The van der Waals surface area contributed by atoms with Crippen LogP contribution in [0.15, 0.2) is 5.10 Å². The molecule has 14 heavy (non-hydrogen) atoms. The highest BCUT2D eigenvalue weighted by atomic mass is 16.4. The number of nitrogens with two attached hydrogens (primary N) is 2. The Kier molecular flexibility index (Phi) is 3.13. The number of carboxylic acids is 1. The lowest BCUT2D eigenvalue weighted by atomic mass is 10.2. The van der Waals surface area contributed by atoms with Crippen LogP contribution in [0.1, 0.15) is 13.3 Å². The summed E-state index contributed by atoms with van der Waals surface area (Å²) in [5.41, 5.74) is 0. The largest absolute Gasteiger partial charge is 0.480 e. The van der Waals surface area contributed by atoms with Gasteiger partial charge in [0.05, 0.1) is 0 Å². The number of hydrazine groups is 1. The van der Waals surface area contributed by atoms with E-state index in [-0.39, 0.29) is 0 Å². The van der Waals surface area contributed by atoms with Crippen LogP contribution in [0.25, 0.3) is 0 Å². The van der Waals surface area contributed by atoms with Crippen LogP contribution < -0.4 is 11.7 Å². The first-order valence-corrected chi connectivity index (χ1v) is 4.37. The highest BCUT2D eigenvalue weighted by Gasteiger charge is 2.29. The second kappa shape index (κ2) is 4.14. The Morgan fingerprint density at radius 2 is 2.29 bits per heavy atom. The molecule has 0 amide bonds. The van der Waals surface area contributed by atoms with Crippen molar-refractivity contribution in [3.05, 3.63) is 0 Å². The zero-order valence-electron chi connectivity index (χ0n) is 8.05. The predicted molar refractivity (Wildman–Crippen MR) is 50.9 cm³/mol. The van der Waals surface area contributed by atoms with Crippen LogP contribution in [-0.4, -0.2) is 46.1 Å². The monoisotopic (exact) mass is 201 g/mol. The summed E-state index contributed by atoms with van der Waals surface area (Å²) in [5, 5.41) is 13.7. The van der Waals surface area contributed by atoms with Gasteiger partial charge in [-0.15, -0.1) is 5.10 Å². The van der Waals surface area contributed by atoms with Gasteiger partial charge in [-0.3, -0.25) is 5.01 Å². The van der Waals surface area contributed by atoms with Crippen LogP contribution >= 0.6 is 0 Å². The molecule has 1 fully saturated rings. The lowest BCUT2D eigenvalue weighted by molar-refractivity contribution is -0.141. The van der Waals surface area contributed by atoms with E-state index in [4.69, 9.17) is 16.8 Å². The number of carbonyl (C=O) groups is 1. The predicted octanol–water partition coefficient (Wildman–Crippen LogP) is -1.43. The zero-order chi connectivity index (χ0) is 10.7. The van der Waals surface area contributed by atoms with E-state index in [0.29, 0.717) is 19.0 Å². The van der Waals surface area contributed by atoms with Gasteiger partial charge in [-0.05, 0) is 13.3 Å². The number of hydrazone groups is 1. The molecular weight excluding hydrogens is 186 g/mol. The van der Waals surface area contributed by atoms with Gasteiger partial charge in [-0.1, -0.05) is 0 Å². The smallest absolute Gasteiger partial charge is 0.326 e. The Morgan fingerprint density at radius 3 is 2.79 bits per heavy atom. The topological polar surface area (TPSA) is 108 Å². The average Bonchev–Trinajstić information content (AvgIpc) is 2.16. The van der Waals surface area contributed by atoms with Crippen molar-refractivity contribution in [3.8, 4) is 0 Å². The van der Waals surface area contributed by atoms with Gasteiger partial charge in [0.15, 0.2) is 0 Å². The normalized spacial score (nSPS) is 22.6. The molecule has 0 saturated carbocycles. The highest BCUT2D eigenvalue weighted by Crippen LogP contribution is 2.09. The lowest BCUT2D eigenvalue weighted by Gasteiger charge is -2.37. The fraction of sp³-hybridized carbons (Fsp3) is 0.714. The summed E-state index contributed by atoms with van der Waals surface area (Å²) >= 11 is 0. The Hall–Kier alpha value is -1.50. The zero-order valence-corrected chi connectivity index (χ0v) is 8.05. The number of nitrogens with zero attached hydrogens (tertiary/aromatic N) is 3. The third-order valence-electron chi connectivity index (χ3n) is 2.25. The van der Waals surface area contributed by atoms with E-state index in [9.17, 15) is 4.79 Å². The molecule has 0 bridgehead atoms. The summed E-state index contributed by atoms with van der Waals surface area (Å²) < 4.78 is 0. The molecule has 1 aliphatic rings. The van der Waals surface area contributed by atoms with Crippen molar-refractivity contribution >= 4 is 11.9 Å². The molecule has 0 radical (unpaired) electrons. The number of carboxylic acid groups (broad SMARTS) is 1. The SMILES string of the molecule is CC(C(=O)O)N1CCCN(N)/C1=N\N. The molecule has 1 saturated heterocycles. The summed E-state index contributed by atoms with van der Waals surface area (Å²) in [4.78, 5) is 12.3. The van der Waals surface area contributed by atoms with E-state index < -0.39 is 12.0 Å². The third kappa shape index (κ3) is 1.87. The molecule has 80 valence electrons. The number of guanidine groups is 1. The van der Waals surface area contributed by atoms with Crippen LogP contribution in [0, 0.1) is 0 Å². The van der Waals surface area contributed by atoms with Crippen LogP contribution in [-0.2, 0) is 4.79 Å². The van der Waals surface area contributed by atoms with Gasteiger partial charge in [0.25, 0.3) is 0 Å². The molecule has 7 nitrogen and oxygen atoms in total. The molecule has 0 aromatic rings. The average molecular weight is 201 g/mol. The van der Waals surface area contributed by atoms with Gasteiger partial charge in [0.2, 0.25) is 5.96 Å². The summed E-state index contributed by atoms with van der Waals surface area (Å²) in [6.07, 6.45) is 0.799. The first kappa shape index (κ1) is 10.6. The molecular formula is C7H15N5O2. The molecule has 0 aromatic heterocycles. The minimum absolute atomic E-state index is 0.325. The summed E-state index contributed by atoms with van der Waals surface area (Å²) in [6, 6.07) is -0.663. The summed E-state index contributed by atoms with van der Waals surface area (Å²) in [5.74, 6) is 10.2. The van der Waals surface area contributed by atoms with E-state index in [2.05, 4.69) is 5.10 Å². The molecule has 1 rings (SSSR count). The van der Waals surface area contributed by atoms with Gasteiger partial charge < -0.3 is 15.8 Å². The highest BCUT2D eigenvalue weighted by molar-refractivity contribution is 5.85. The quantitative estimate of drug-likeness (QED) is 0.373. The minimum atomic E-state index is -0.915. The van der Waals surface area contributed by atoms with Crippen molar-refractivity contribution in [2.24, 2.45) is 16.8 Å². The first-order valence-electron chi connectivity index (χ1n) is 4.37. The molecule has 5 N–H and O–H groups in total. The van der Waals surface area contributed by atoms with Gasteiger partial charge in [-0.25, -0.2) is 10.6 Å². The third-order valence-corrected chi connectivity index (χ3v) is 2.25. The molecule has 0 aromatic carbocycles. The maximum absolute atomic E-state index is 10.8. The molecule has 1 heterocycles. The second-order valence-corrected chi connectivity index (χ2v) is 3.18. The second-order valence-electron chi connectivity index (χ2n) is 3.18. The van der Waals surface area contributed by atoms with Crippen molar-refractivity contribution in [2.45, 2.75) is 19.4 Å². The molecule has 0 spiro atoms. The summed E-state index contributed by atoms with van der Waals surface area (Å²) in [6.45, 7) is 2.82. The maximum atomic E-state index is 10.8. The van der Waals surface area contributed by atoms with E-state index in [1.54, 1.807) is 11.8 Å². The van der Waals surface area contributed by atoms with Crippen molar-refractivity contribution in [1.82, 2.24) is 9.91 Å².